The van der Waals surface area contributed by atoms with Crippen LogP contribution in [0.2, 0.25) is 0 Å². The quantitative estimate of drug-likeness (QED) is 0.716. The first-order valence-corrected chi connectivity index (χ1v) is 7.11. The first-order chi connectivity index (χ1) is 10.2. The lowest BCUT2D eigenvalue weighted by Gasteiger charge is -2.15. The van der Waals surface area contributed by atoms with Gasteiger partial charge in [-0.05, 0) is 35.1 Å². The summed E-state index contributed by atoms with van der Waals surface area (Å²) in [6.07, 6.45) is 0.0337. The Kier molecular flexibility index (Phi) is 3.63. The fourth-order valence-electron chi connectivity index (χ4n) is 2.74. The van der Waals surface area contributed by atoms with Crippen LogP contribution in [0, 0.1) is 0 Å². The number of fused-ring (bicyclic) bond motifs is 1. The predicted octanol–water partition coefficient (Wildman–Crippen LogP) is 4.01. The van der Waals surface area contributed by atoms with E-state index in [4.69, 9.17) is 0 Å². The normalized spacial score (nSPS) is 12.5. The highest BCUT2D eigenvalue weighted by Gasteiger charge is 2.17. The van der Waals surface area contributed by atoms with Crippen LogP contribution in [-0.4, -0.2) is 9.67 Å². The van der Waals surface area contributed by atoms with Crippen LogP contribution in [0.5, 0.6) is 0 Å². The second-order valence-electron chi connectivity index (χ2n) is 5.41. The molecular formula is C19H19NO. The third kappa shape index (κ3) is 2.63. The van der Waals surface area contributed by atoms with Crippen molar-refractivity contribution in [2.45, 2.75) is 12.5 Å². The van der Waals surface area contributed by atoms with Crippen molar-refractivity contribution >= 4 is 10.9 Å². The molecule has 0 amide bonds. The number of nitrogens with zero attached hydrogens (tertiary/aromatic N) is 1. The van der Waals surface area contributed by atoms with Gasteiger partial charge in [0.25, 0.3) is 0 Å². The molecule has 0 saturated heterocycles. The lowest BCUT2D eigenvalue weighted by molar-refractivity contribution is 0.205. The summed E-state index contributed by atoms with van der Waals surface area (Å²) in [4.78, 5) is 0. The Morgan fingerprint density at radius 2 is 1.76 bits per heavy atom. The summed E-state index contributed by atoms with van der Waals surface area (Å²) in [5.41, 5.74) is 3.99. The lowest BCUT2D eigenvalue weighted by Crippen LogP contribution is -2.08. The minimum absolute atomic E-state index is 0.650. The van der Waals surface area contributed by atoms with Crippen molar-refractivity contribution in [1.82, 2.24) is 4.57 Å². The average molecular weight is 277 g/mol. The number of aromatic nitrogens is 1. The number of benzene rings is 2. The molecule has 106 valence electrons. The number of aliphatic hydroxyl groups is 1. The first-order valence-electron chi connectivity index (χ1n) is 7.11. The minimum Gasteiger partial charge on any atom is -0.382 e. The van der Waals surface area contributed by atoms with Crippen molar-refractivity contribution in [2.24, 2.45) is 7.05 Å². The van der Waals surface area contributed by atoms with E-state index < -0.39 is 6.10 Å². The minimum atomic E-state index is -0.650. The second-order valence-corrected chi connectivity index (χ2v) is 5.41. The fourth-order valence-corrected chi connectivity index (χ4v) is 2.74. The van der Waals surface area contributed by atoms with E-state index in [1.807, 2.05) is 48.0 Å². The summed E-state index contributed by atoms with van der Waals surface area (Å²) >= 11 is 0. The number of aryl methyl sites for hydroxylation is 1. The monoisotopic (exact) mass is 277 g/mol. The molecule has 1 atom stereocenters. The van der Waals surface area contributed by atoms with Crippen LogP contribution >= 0.6 is 0 Å². The number of hydrogen-bond donors (Lipinski definition) is 1. The molecule has 3 aromatic rings. The van der Waals surface area contributed by atoms with Gasteiger partial charge in [-0.1, -0.05) is 55.1 Å². The lowest BCUT2D eigenvalue weighted by atomic mass is 10.00. The van der Waals surface area contributed by atoms with Crippen molar-refractivity contribution in [2.75, 3.05) is 0 Å². The second kappa shape index (κ2) is 5.58. The molecule has 0 spiro atoms. The van der Waals surface area contributed by atoms with E-state index in [0.717, 1.165) is 22.2 Å². The molecule has 0 aliphatic carbocycles. The molecule has 2 heteroatoms. The van der Waals surface area contributed by atoms with Crippen LogP contribution < -0.4 is 0 Å². The summed E-state index contributed by atoms with van der Waals surface area (Å²) < 4.78 is 2.04. The van der Waals surface area contributed by atoms with Gasteiger partial charge in [0.1, 0.15) is 6.10 Å². The van der Waals surface area contributed by atoms with E-state index in [9.17, 15) is 5.11 Å². The molecule has 1 N–H and O–H groups in total. The van der Waals surface area contributed by atoms with Crippen molar-refractivity contribution < 1.29 is 5.11 Å². The van der Waals surface area contributed by atoms with Crippen molar-refractivity contribution in [3.8, 4) is 0 Å². The molecule has 0 aliphatic heterocycles. The summed E-state index contributed by atoms with van der Waals surface area (Å²) in [6, 6.07) is 20.3. The summed E-state index contributed by atoms with van der Waals surface area (Å²) in [5.74, 6) is 0. The highest BCUT2D eigenvalue weighted by molar-refractivity contribution is 5.81. The van der Waals surface area contributed by atoms with Gasteiger partial charge >= 0.3 is 0 Å². The third-order valence-corrected chi connectivity index (χ3v) is 3.93. The van der Waals surface area contributed by atoms with Crippen LogP contribution in [0.3, 0.4) is 0 Å². The zero-order valence-corrected chi connectivity index (χ0v) is 12.2. The molecule has 3 rings (SSSR count). The van der Waals surface area contributed by atoms with E-state index in [0.29, 0.717) is 6.42 Å². The van der Waals surface area contributed by atoms with Gasteiger partial charge in [-0.3, -0.25) is 0 Å². The van der Waals surface area contributed by atoms with Gasteiger partial charge in [-0.15, -0.1) is 0 Å². The maximum Gasteiger partial charge on any atom is 0.115 e. The maximum absolute atomic E-state index is 10.6. The molecular weight excluding hydrogens is 258 g/mol. The molecule has 2 nitrogen and oxygen atoms in total. The van der Waals surface area contributed by atoms with Crippen LogP contribution in [0.25, 0.3) is 10.9 Å². The Morgan fingerprint density at radius 1 is 1.10 bits per heavy atom. The molecule has 0 aliphatic rings. The molecule has 1 aromatic heterocycles. The van der Waals surface area contributed by atoms with E-state index >= 15 is 0 Å². The Balaban J connectivity index is 1.88. The van der Waals surface area contributed by atoms with E-state index in [1.165, 1.54) is 5.56 Å². The largest absolute Gasteiger partial charge is 0.382 e. The van der Waals surface area contributed by atoms with Crippen LogP contribution in [0.1, 0.15) is 17.4 Å². The molecule has 21 heavy (non-hydrogen) atoms. The van der Waals surface area contributed by atoms with Gasteiger partial charge in [0, 0.05) is 12.6 Å². The van der Waals surface area contributed by atoms with Crippen molar-refractivity contribution in [1.29, 1.82) is 0 Å². The highest BCUT2D eigenvalue weighted by Crippen LogP contribution is 2.28. The van der Waals surface area contributed by atoms with Crippen LogP contribution in [0.4, 0.5) is 0 Å². The molecule has 0 radical (unpaired) electrons. The van der Waals surface area contributed by atoms with Gasteiger partial charge in [-0.25, -0.2) is 0 Å². The first kappa shape index (κ1) is 13.7. The molecule has 0 bridgehead atoms. The van der Waals surface area contributed by atoms with Crippen LogP contribution in [-0.2, 0) is 13.5 Å². The van der Waals surface area contributed by atoms with Gasteiger partial charge in [-0.2, -0.15) is 0 Å². The van der Waals surface area contributed by atoms with E-state index in [-0.39, 0.29) is 0 Å². The SMILES string of the molecule is C=C(Cc1ccccc1)C(O)c1cc2ccccc2n1C. The van der Waals surface area contributed by atoms with Crippen LogP contribution in [0.15, 0.2) is 72.8 Å². The van der Waals surface area contributed by atoms with E-state index in [2.05, 4.69) is 30.8 Å². The van der Waals surface area contributed by atoms with Crippen molar-refractivity contribution in [3.05, 3.63) is 84.1 Å². The van der Waals surface area contributed by atoms with Gasteiger partial charge < -0.3 is 9.67 Å². The summed E-state index contributed by atoms with van der Waals surface area (Å²) in [7, 11) is 1.98. The highest BCUT2D eigenvalue weighted by atomic mass is 16.3. The average Bonchev–Trinajstić information content (AvgIpc) is 2.85. The van der Waals surface area contributed by atoms with E-state index in [1.54, 1.807) is 0 Å². The van der Waals surface area contributed by atoms with Crippen molar-refractivity contribution in [3.63, 3.8) is 0 Å². The van der Waals surface area contributed by atoms with Gasteiger partial charge in [0.2, 0.25) is 0 Å². The predicted molar refractivity (Wildman–Crippen MR) is 87.2 cm³/mol. The summed E-state index contributed by atoms with van der Waals surface area (Å²) in [5, 5.41) is 11.8. The number of rotatable bonds is 4. The number of hydrogen-bond acceptors (Lipinski definition) is 1. The molecule has 1 heterocycles. The number of para-hydroxylation sites is 1. The molecule has 0 saturated carbocycles. The standard InChI is InChI=1S/C19H19NO/c1-14(12-15-8-4-3-5-9-15)19(21)18-13-16-10-6-7-11-17(16)20(18)2/h3-11,13,19,21H,1,12H2,2H3. The molecule has 2 aromatic carbocycles. The Bertz CT molecular complexity index is 771. The number of aliphatic hydroxyl groups excluding tert-OH is 1. The topological polar surface area (TPSA) is 25.2 Å². The third-order valence-electron chi connectivity index (χ3n) is 3.93. The molecule has 0 fully saturated rings. The zero-order valence-electron chi connectivity index (χ0n) is 12.2. The van der Waals surface area contributed by atoms with Gasteiger partial charge in [0.15, 0.2) is 0 Å². The maximum atomic E-state index is 10.6. The Labute approximate surface area is 125 Å². The summed E-state index contributed by atoms with van der Waals surface area (Å²) in [6.45, 7) is 4.07. The Hall–Kier alpha value is -2.32. The fraction of sp³-hybridized carbons (Fsp3) is 0.158. The smallest absolute Gasteiger partial charge is 0.115 e. The van der Waals surface area contributed by atoms with Gasteiger partial charge in [0.05, 0.1) is 5.69 Å². The Morgan fingerprint density at radius 3 is 2.48 bits per heavy atom. The zero-order chi connectivity index (χ0) is 14.8. The molecule has 1 unspecified atom stereocenters.